The molecule has 0 saturated heterocycles. The number of nitrogens with zero attached hydrogens (tertiary/aromatic N) is 2. The number of benzene rings is 1. The second-order valence-corrected chi connectivity index (χ2v) is 5.76. The van der Waals surface area contributed by atoms with Crippen LogP contribution in [0.4, 0.5) is 0 Å². The number of carbonyl (C=O) groups is 1. The molecular formula is C17H18N4O. The minimum absolute atomic E-state index is 0.00888. The number of amides is 1. The Morgan fingerprint density at radius 2 is 1.86 bits per heavy atom. The van der Waals surface area contributed by atoms with E-state index < -0.39 is 0 Å². The predicted molar refractivity (Wildman–Crippen MR) is 84.1 cm³/mol. The van der Waals surface area contributed by atoms with E-state index in [4.69, 9.17) is 0 Å². The van der Waals surface area contributed by atoms with Crippen molar-refractivity contribution in [2.45, 2.75) is 32.1 Å². The van der Waals surface area contributed by atoms with Gasteiger partial charge >= 0.3 is 0 Å². The van der Waals surface area contributed by atoms with Gasteiger partial charge in [-0.2, -0.15) is 0 Å². The fraction of sp³-hybridized carbons (Fsp3) is 0.294. The average molecular weight is 294 g/mol. The number of carbonyl (C=O) groups excluding carboxylic acids is 1. The second-order valence-electron chi connectivity index (χ2n) is 5.76. The summed E-state index contributed by atoms with van der Waals surface area (Å²) in [6.07, 6.45) is 8.95. The first kappa shape index (κ1) is 13.1. The van der Waals surface area contributed by atoms with Crippen molar-refractivity contribution < 1.29 is 4.79 Å². The smallest absolute Gasteiger partial charge is 0.242 e. The van der Waals surface area contributed by atoms with Crippen molar-refractivity contribution in [3.8, 4) is 5.69 Å². The minimum Gasteiger partial charge on any atom is -0.303 e. The molecule has 2 N–H and O–H groups in total. The van der Waals surface area contributed by atoms with Crippen LogP contribution < -0.4 is 10.9 Å². The molecule has 4 rings (SSSR count). The number of nitrogens with one attached hydrogen (secondary N) is 2. The first-order valence-corrected chi connectivity index (χ1v) is 7.72. The second kappa shape index (κ2) is 5.33. The molecule has 0 unspecified atom stereocenters. The van der Waals surface area contributed by atoms with E-state index in [1.807, 2.05) is 12.4 Å². The largest absolute Gasteiger partial charge is 0.303 e. The summed E-state index contributed by atoms with van der Waals surface area (Å²) < 4.78 is 2.20. The van der Waals surface area contributed by atoms with Crippen LogP contribution in [0.25, 0.3) is 11.4 Å². The number of aryl methyl sites for hydroxylation is 1. The predicted octanol–water partition coefficient (Wildman–Crippen LogP) is 2.12. The number of aromatic nitrogens is 2. The van der Waals surface area contributed by atoms with Gasteiger partial charge in [0.1, 0.15) is 0 Å². The number of imidazole rings is 1. The van der Waals surface area contributed by atoms with Crippen molar-refractivity contribution in [3.63, 3.8) is 0 Å². The Balaban J connectivity index is 1.62. The molecule has 2 aliphatic rings. The summed E-state index contributed by atoms with van der Waals surface area (Å²) in [6.45, 7) is 0. The van der Waals surface area contributed by atoms with Crippen molar-refractivity contribution in [1.82, 2.24) is 20.4 Å². The number of rotatable bonds is 2. The van der Waals surface area contributed by atoms with E-state index in [9.17, 15) is 4.79 Å². The molecule has 1 aliphatic carbocycles. The van der Waals surface area contributed by atoms with Crippen LogP contribution in [-0.4, -0.2) is 15.5 Å². The topological polar surface area (TPSA) is 59.0 Å². The van der Waals surface area contributed by atoms with Crippen LogP contribution in [0.3, 0.4) is 0 Å². The molecular weight excluding hydrogens is 276 g/mol. The molecule has 2 heterocycles. The monoisotopic (exact) mass is 294 g/mol. The number of hydrogen-bond donors (Lipinski definition) is 2. The summed E-state index contributed by atoms with van der Waals surface area (Å²) in [5.74, 6) is -0.00888. The summed E-state index contributed by atoms with van der Waals surface area (Å²) in [5, 5.41) is 0. The van der Waals surface area contributed by atoms with Gasteiger partial charge in [-0.1, -0.05) is 12.1 Å². The highest BCUT2D eigenvalue weighted by atomic mass is 16.2. The summed E-state index contributed by atoms with van der Waals surface area (Å²) >= 11 is 0. The van der Waals surface area contributed by atoms with E-state index in [-0.39, 0.29) is 5.91 Å². The van der Waals surface area contributed by atoms with E-state index in [1.54, 1.807) is 0 Å². The third-order valence-corrected chi connectivity index (χ3v) is 4.31. The minimum atomic E-state index is -0.00888. The van der Waals surface area contributed by atoms with Gasteiger partial charge in [-0.15, -0.1) is 0 Å². The van der Waals surface area contributed by atoms with Crippen LogP contribution >= 0.6 is 0 Å². The first-order valence-electron chi connectivity index (χ1n) is 7.72. The zero-order chi connectivity index (χ0) is 14.9. The highest BCUT2D eigenvalue weighted by Gasteiger charge is 2.16. The summed E-state index contributed by atoms with van der Waals surface area (Å²) in [4.78, 5) is 15.7. The molecule has 0 spiro atoms. The number of fused-ring (bicyclic) bond motifs is 1. The quantitative estimate of drug-likeness (QED) is 0.892. The fourth-order valence-electron chi connectivity index (χ4n) is 3.12. The lowest BCUT2D eigenvalue weighted by Crippen LogP contribution is -2.38. The van der Waals surface area contributed by atoms with E-state index >= 15 is 0 Å². The van der Waals surface area contributed by atoms with E-state index in [0.29, 0.717) is 6.42 Å². The van der Waals surface area contributed by atoms with E-state index in [0.717, 1.165) is 29.8 Å². The van der Waals surface area contributed by atoms with Crippen LogP contribution in [0.5, 0.6) is 0 Å². The van der Waals surface area contributed by atoms with Crippen LogP contribution in [0.2, 0.25) is 0 Å². The Morgan fingerprint density at radius 1 is 1.05 bits per heavy atom. The van der Waals surface area contributed by atoms with Crippen LogP contribution in [0.15, 0.2) is 36.7 Å². The van der Waals surface area contributed by atoms with Crippen molar-refractivity contribution in [2.75, 3.05) is 0 Å². The number of hydrazine groups is 1. The molecule has 0 atom stereocenters. The van der Waals surface area contributed by atoms with Gasteiger partial charge in [-0.05, 0) is 49.5 Å². The molecule has 0 radical (unpaired) electrons. The Kier molecular flexibility index (Phi) is 3.18. The molecule has 1 aliphatic heterocycles. The third-order valence-electron chi connectivity index (χ3n) is 4.31. The van der Waals surface area contributed by atoms with Gasteiger partial charge in [0.05, 0.1) is 17.7 Å². The Bertz CT molecular complexity index is 743. The molecule has 2 aromatic rings. The lowest BCUT2D eigenvalue weighted by atomic mass is 10.0. The first-order chi connectivity index (χ1) is 10.8. The fourth-order valence-corrected chi connectivity index (χ4v) is 3.12. The maximum Gasteiger partial charge on any atom is 0.242 e. The van der Waals surface area contributed by atoms with Gasteiger partial charge in [0.25, 0.3) is 0 Å². The van der Waals surface area contributed by atoms with Gasteiger partial charge in [-0.25, -0.2) is 4.98 Å². The molecule has 1 aromatic carbocycles. The Hall–Kier alpha value is -2.56. The van der Waals surface area contributed by atoms with Gasteiger partial charge in [0.2, 0.25) is 5.91 Å². The number of hydrogen-bond acceptors (Lipinski definition) is 3. The molecule has 1 aromatic heterocycles. The summed E-state index contributed by atoms with van der Waals surface area (Å²) in [5.41, 5.74) is 11.3. The van der Waals surface area contributed by atoms with Gasteiger partial charge in [0, 0.05) is 17.8 Å². The maximum absolute atomic E-state index is 11.2. The molecule has 5 heteroatoms. The van der Waals surface area contributed by atoms with Crippen molar-refractivity contribution >= 4 is 11.6 Å². The average Bonchev–Trinajstić information content (AvgIpc) is 3.00. The van der Waals surface area contributed by atoms with Crippen LogP contribution in [0, 0.1) is 0 Å². The van der Waals surface area contributed by atoms with Crippen molar-refractivity contribution in [3.05, 3.63) is 53.6 Å². The Morgan fingerprint density at radius 3 is 2.64 bits per heavy atom. The van der Waals surface area contributed by atoms with Crippen LogP contribution in [0.1, 0.15) is 36.2 Å². The third kappa shape index (κ3) is 2.28. The van der Waals surface area contributed by atoms with Gasteiger partial charge < -0.3 is 4.57 Å². The molecule has 0 bridgehead atoms. The lowest BCUT2D eigenvalue weighted by molar-refractivity contribution is -0.121. The van der Waals surface area contributed by atoms with Gasteiger partial charge in [0.15, 0.2) is 0 Å². The molecule has 5 nitrogen and oxygen atoms in total. The van der Waals surface area contributed by atoms with Gasteiger partial charge in [-0.3, -0.25) is 15.6 Å². The summed E-state index contributed by atoms with van der Waals surface area (Å²) in [7, 11) is 0. The highest BCUT2D eigenvalue weighted by molar-refractivity contribution is 5.83. The molecule has 1 amide bonds. The van der Waals surface area contributed by atoms with E-state index in [2.05, 4.69) is 44.7 Å². The highest BCUT2D eigenvalue weighted by Crippen LogP contribution is 2.24. The zero-order valence-electron chi connectivity index (χ0n) is 12.3. The molecule has 0 saturated carbocycles. The normalized spacial score (nSPS) is 17.3. The van der Waals surface area contributed by atoms with Crippen molar-refractivity contribution in [2.24, 2.45) is 0 Å². The Labute approximate surface area is 129 Å². The molecule has 0 fully saturated rings. The lowest BCUT2D eigenvalue weighted by Gasteiger charge is -2.17. The maximum atomic E-state index is 11.2. The van der Waals surface area contributed by atoms with Crippen LogP contribution in [-0.2, 0) is 17.6 Å². The molecule has 22 heavy (non-hydrogen) atoms. The standard InChI is InChI=1S/C17H18N4O/c22-17-10-9-14(19-20-17)12-5-7-13(8-6-12)21-11-18-15-3-1-2-4-16(15)21/h5-9,11,19H,1-4,10H2,(H,20,22). The SMILES string of the molecule is O=C1CC=C(c2ccc(-n3cnc4c3CCCC4)cc2)NN1. The molecule has 112 valence electrons. The van der Waals surface area contributed by atoms with E-state index in [1.165, 1.54) is 24.2 Å². The summed E-state index contributed by atoms with van der Waals surface area (Å²) in [6, 6.07) is 8.34. The zero-order valence-corrected chi connectivity index (χ0v) is 12.3. The van der Waals surface area contributed by atoms with Crippen molar-refractivity contribution in [1.29, 1.82) is 0 Å².